The number of nitrogens with zero attached hydrogens (tertiary/aromatic N) is 2. The van der Waals surface area contributed by atoms with E-state index in [2.05, 4.69) is 31.2 Å². The molecule has 0 radical (unpaired) electrons. The molecule has 3 rings (SSSR count). The van der Waals surface area contributed by atoms with E-state index in [-0.39, 0.29) is 11.9 Å². The third kappa shape index (κ3) is 3.09. The molecule has 0 aliphatic heterocycles. The molecule has 3 nitrogen and oxygen atoms in total. The maximum absolute atomic E-state index is 13.0. The van der Waals surface area contributed by atoms with Crippen molar-refractivity contribution in [2.24, 2.45) is 0 Å². The average molecular weight is 360 g/mol. The van der Waals surface area contributed by atoms with Crippen LogP contribution in [0.2, 0.25) is 0 Å². The molecule has 1 N–H and O–H groups in total. The molecule has 0 aliphatic carbocycles. The largest absolute Gasteiger partial charge is 0.363 e. The van der Waals surface area contributed by atoms with E-state index in [4.69, 9.17) is 0 Å². The summed E-state index contributed by atoms with van der Waals surface area (Å²) in [6.07, 6.45) is 0. The molecule has 2 aromatic carbocycles. The average Bonchev–Trinajstić information content (AvgIpc) is 2.48. The van der Waals surface area contributed by atoms with Crippen LogP contribution in [0.5, 0.6) is 0 Å². The van der Waals surface area contributed by atoms with E-state index in [1.54, 1.807) is 12.1 Å². The van der Waals surface area contributed by atoms with Crippen LogP contribution >= 0.6 is 15.9 Å². The Morgan fingerprint density at radius 3 is 2.55 bits per heavy atom. The lowest BCUT2D eigenvalue weighted by molar-refractivity contribution is 0.626. The van der Waals surface area contributed by atoms with Gasteiger partial charge < -0.3 is 5.32 Å². The second-order valence-corrected chi connectivity index (χ2v) is 6.11. The van der Waals surface area contributed by atoms with Gasteiger partial charge in [0.1, 0.15) is 17.5 Å². The third-order valence-corrected chi connectivity index (χ3v) is 3.99. The number of aromatic nitrogens is 2. The number of halogens is 2. The van der Waals surface area contributed by atoms with Gasteiger partial charge in [-0.3, -0.25) is 0 Å². The zero-order valence-corrected chi connectivity index (χ0v) is 13.9. The van der Waals surface area contributed by atoms with Crippen LogP contribution in [0.15, 0.2) is 46.9 Å². The van der Waals surface area contributed by atoms with Crippen molar-refractivity contribution in [2.45, 2.75) is 19.9 Å². The number of aryl methyl sites for hydroxylation is 1. The van der Waals surface area contributed by atoms with E-state index < -0.39 is 0 Å². The highest BCUT2D eigenvalue weighted by Crippen LogP contribution is 2.27. The first-order valence-electron chi connectivity index (χ1n) is 6.99. The molecule has 1 heterocycles. The quantitative estimate of drug-likeness (QED) is 0.713. The van der Waals surface area contributed by atoms with Crippen molar-refractivity contribution in [1.82, 2.24) is 9.97 Å². The fourth-order valence-electron chi connectivity index (χ4n) is 2.37. The van der Waals surface area contributed by atoms with E-state index in [1.165, 1.54) is 12.1 Å². The zero-order chi connectivity index (χ0) is 15.7. The van der Waals surface area contributed by atoms with Gasteiger partial charge in [-0.25, -0.2) is 14.4 Å². The lowest BCUT2D eigenvalue weighted by Gasteiger charge is -2.17. The monoisotopic (exact) mass is 359 g/mol. The first-order chi connectivity index (χ1) is 10.5. The highest BCUT2D eigenvalue weighted by atomic mass is 79.9. The molecule has 0 amide bonds. The Morgan fingerprint density at radius 1 is 1.09 bits per heavy atom. The standard InChI is InChI=1S/C17H15BrFN3/c1-10(12-3-6-14(19)7-4-12)20-17-15-9-13(18)5-8-16(15)21-11(2)22-17/h3-10H,1-2H3,(H,20,21,22). The Morgan fingerprint density at radius 2 is 1.82 bits per heavy atom. The second kappa shape index (κ2) is 6.01. The maximum Gasteiger partial charge on any atom is 0.138 e. The lowest BCUT2D eigenvalue weighted by atomic mass is 10.1. The van der Waals surface area contributed by atoms with E-state index in [9.17, 15) is 4.39 Å². The van der Waals surface area contributed by atoms with Gasteiger partial charge in [-0.05, 0) is 49.7 Å². The number of nitrogens with one attached hydrogen (secondary N) is 1. The normalized spacial score (nSPS) is 12.4. The molecule has 1 unspecified atom stereocenters. The summed E-state index contributed by atoms with van der Waals surface area (Å²) in [5.41, 5.74) is 1.89. The fourth-order valence-corrected chi connectivity index (χ4v) is 2.73. The van der Waals surface area contributed by atoms with Gasteiger partial charge in [-0.1, -0.05) is 28.1 Å². The SMILES string of the molecule is Cc1nc(NC(C)c2ccc(F)cc2)c2cc(Br)ccc2n1. The number of anilines is 1. The summed E-state index contributed by atoms with van der Waals surface area (Å²) in [4.78, 5) is 8.96. The van der Waals surface area contributed by atoms with Crippen LogP contribution in [-0.4, -0.2) is 9.97 Å². The van der Waals surface area contributed by atoms with Crippen molar-refractivity contribution < 1.29 is 4.39 Å². The number of benzene rings is 2. The number of rotatable bonds is 3. The predicted octanol–water partition coefficient (Wildman–Crippen LogP) is 5.01. The molecule has 0 spiro atoms. The summed E-state index contributed by atoms with van der Waals surface area (Å²) in [6, 6.07) is 12.4. The van der Waals surface area contributed by atoms with Gasteiger partial charge in [-0.15, -0.1) is 0 Å². The molecule has 0 fully saturated rings. The molecule has 0 aliphatic rings. The zero-order valence-electron chi connectivity index (χ0n) is 12.3. The first kappa shape index (κ1) is 14.9. The minimum absolute atomic E-state index is 0.0112. The van der Waals surface area contributed by atoms with Gasteiger partial charge in [0.2, 0.25) is 0 Å². The molecular weight excluding hydrogens is 345 g/mol. The highest BCUT2D eigenvalue weighted by molar-refractivity contribution is 9.10. The Kier molecular flexibility index (Phi) is 4.07. The van der Waals surface area contributed by atoms with Gasteiger partial charge >= 0.3 is 0 Å². The molecule has 0 saturated heterocycles. The summed E-state index contributed by atoms with van der Waals surface area (Å²) in [7, 11) is 0. The Hall–Kier alpha value is -2.01. The maximum atomic E-state index is 13.0. The molecule has 0 bridgehead atoms. The minimum Gasteiger partial charge on any atom is -0.363 e. The van der Waals surface area contributed by atoms with Crippen LogP contribution in [0.1, 0.15) is 24.4 Å². The molecule has 1 atom stereocenters. The fraction of sp³-hybridized carbons (Fsp3) is 0.176. The topological polar surface area (TPSA) is 37.8 Å². The molecule has 0 saturated carbocycles. The van der Waals surface area contributed by atoms with E-state index in [1.807, 2.05) is 32.0 Å². The van der Waals surface area contributed by atoms with E-state index in [0.717, 1.165) is 26.8 Å². The number of hydrogen-bond donors (Lipinski definition) is 1. The van der Waals surface area contributed by atoms with Crippen LogP contribution in [0, 0.1) is 12.7 Å². The van der Waals surface area contributed by atoms with Crippen molar-refractivity contribution in [3.63, 3.8) is 0 Å². The van der Waals surface area contributed by atoms with Crippen molar-refractivity contribution in [1.29, 1.82) is 0 Å². The van der Waals surface area contributed by atoms with Crippen LogP contribution < -0.4 is 5.32 Å². The number of hydrogen-bond acceptors (Lipinski definition) is 3. The molecule has 1 aromatic heterocycles. The Labute approximate surface area is 136 Å². The van der Waals surface area contributed by atoms with Crippen LogP contribution in [0.4, 0.5) is 10.2 Å². The summed E-state index contributed by atoms with van der Waals surface area (Å²) >= 11 is 3.48. The van der Waals surface area contributed by atoms with Crippen molar-refractivity contribution >= 4 is 32.7 Å². The smallest absolute Gasteiger partial charge is 0.138 e. The molecule has 5 heteroatoms. The Balaban J connectivity index is 1.99. The minimum atomic E-state index is -0.233. The molecular formula is C17H15BrFN3. The summed E-state index contributed by atoms with van der Waals surface area (Å²) in [5, 5.41) is 4.35. The second-order valence-electron chi connectivity index (χ2n) is 5.20. The van der Waals surface area contributed by atoms with Crippen LogP contribution in [-0.2, 0) is 0 Å². The molecule has 22 heavy (non-hydrogen) atoms. The number of fused-ring (bicyclic) bond motifs is 1. The first-order valence-corrected chi connectivity index (χ1v) is 7.78. The highest BCUT2D eigenvalue weighted by Gasteiger charge is 2.11. The van der Waals surface area contributed by atoms with E-state index >= 15 is 0 Å². The van der Waals surface area contributed by atoms with E-state index in [0.29, 0.717) is 5.82 Å². The van der Waals surface area contributed by atoms with Gasteiger partial charge in [0.05, 0.1) is 5.52 Å². The van der Waals surface area contributed by atoms with Gasteiger partial charge in [-0.2, -0.15) is 0 Å². The van der Waals surface area contributed by atoms with Crippen LogP contribution in [0.3, 0.4) is 0 Å². The summed E-state index contributed by atoms with van der Waals surface area (Å²) < 4.78 is 14.0. The van der Waals surface area contributed by atoms with Crippen molar-refractivity contribution in [3.8, 4) is 0 Å². The van der Waals surface area contributed by atoms with Crippen LogP contribution in [0.25, 0.3) is 10.9 Å². The summed E-state index contributed by atoms with van der Waals surface area (Å²) in [5.74, 6) is 1.26. The lowest BCUT2D eigenvalue weighted by Crippen LogP contribution is -2.09. The van der Waals surface area contributed by atoms with Gasteiger partial charge in [0.25, 0.3) is 0 Å². The Bertz CT molecular complexity index is 818. The van der Waals surface area contributed by atoms with Crippen molar-refractivity contribution in [2.75, 3.05) is 5.32 Å². The molecule has 112 valence electrons. The van der Waals surface area contributed by atoms with Gasteiger partial charge in [0, 0.05) is 15.9 Å². The molecule has 3 aromatic rings. The van der Waals surface area contributed by atoms with Gasteiger partial charge in [0.15, 0.2) is 0 Å². The predicted molar refractivity (Wildman–Crippen MR) is 90.4 cm³/mol. The summed E-state index contributed by atoms with van der Waals surface area (Å²) in [6.45, 7) is 3.89. The van der Waals surface area contributed by atoms with Crippen molar-refractivity contribution in [3.05, 3.63) is 64.1 Å². The third-order valence-electron chi connectivity index (χ3n) is 3.49.